The topological polar surface area (TPSA) is 67.2 Å². The van der Waals surface area contributed by atoms with E-state index in [2.05, 4.69) is 10.3 Å². The van der Waals surface area contributed by atoms with Crippen LogP contribution >= 0.6 is 11.6 Å². The number of para-hydroxylation sites is 1. The van der Waals surface area contributed by atoms with E-state index >= 15 is 0 Å². The molecule has 94 valence electrons. The molecule has 0 radical (unpaired) electrons. The van der Waals surface area contributed by atoms with Crippen molar-refractivity contribution in [3.8, 4) is 0 Å². The van der Waals surface area contributed by atoms with E-state index in [4.69, 9.17) is 11.6 Å². The van der Waals surface area contributed by atoms with Crippen LogP contribution in [0.4, 0.5) is 5.69 Å². The highest BCUT2D eigenvalue weighted by atomic mass is 35.5. The lowest BCUT2D eigenvalue weighted by Gasteiger charge is -2.17. The Morgan fingerprint density at radius 1 is 1.50 bits per heavy atom. The first-order valence-corrected chi connectivity index (χ1v) is 5.67. The van der Waals surface area contributed by atoms with Crippen molar-refractivity contribution in [2.75, 3.05) is 5.32 Å². The Morgan fingerprint density at radius 2 is 2.22 bits per heavy atom. The van der Waals surface area contributed by atoms with Crippen LogP contribution < -0.4 is 5.32 Å². The average Bonchev–Trinajstić information content (AvgIpc) is 2.74. The smallest absolute Gasteiger partial charge is 0.332 e. The van der Waals surface area contributed by atoms with Crippen molar-refractivity contribution in [2.24, 2.45) is 7.05 Å². The third-order valence-electron chi connectivity index (χ3n) is 2.57. The standard InChI is InChI=1S/C12H12ClN3O2/c1-16-7-14-6-10(16)11(12(17)18)15-9-5-3-2-4-8(9)13/h2-7,11,15H,1H3,(H,17,18). The van der Waals surface area contributed by atoms with Crippen LogP contribution in [0.25, 0.3) is 0 Å². The molecule has 0 aliphatic carbocycles. The fourth-order valence-electron chi connectivity index (χ4n) is 1.64. The van der Waals surface area contributed by atoms with Gasteiger partial charge in [0.05, 0.1) is 28.9 Å². The van der Waals surface area contributed by atoms with Crippen LogP contribution in [0, 0.1) is 0 Å². The minimum atomic E-state index is -0.987. The molecule has 1 atom stereocenters. The van der Waals surface area contributed by atoms with Gasteiger partial charge in [-0.3, -0.25) is 0 Å². The predicted octanol–water partition coefficient (Wildman–Crippen LogP) is 2.31. The molecule has 0 amide bonds. The minimum Gasteiger partial charge on any atom is -0.479 e. The number of aryl methyl sites for hydroxylation is 1. The van der Waals surface area contributed by atoms with Crippen molar-refractivity contribution in [3.63, 3.8) is 0 Å². The van der Waals surface area contributed by atoms with Gasteiger partial charge in [-0.1, -0.05) is 23.7 Å². The van der Waals surface area contributed by atoms with Crippen LogP contribution in [0.15, 0.2) is 36.8 Å². The number of aromatic nitrogens is 2. The summed E-state index contributed by atoms with van der Waals surface area (Å²) in [7, 11) is 1.74. The highest BCUT2D eigenvalue weighted by Gasteiger charge is 2.23. The van der Waals surface area contributed by atoms with E-state index in [0.29, 0.717) is 16.4 Å². The van der Waals surface area contributed by atoms with Gasteiger partial charge in [0, 0.05) is 7.05 Å². The molecular weight excluding hydrogens is 254 g/mol. The molecule has 5 nitrogen and oxygen atoms in total. The van der Waals surface area contributed by atoms with Gasteiger partial charge in [0.15, 0.2) is 6.04 Å². The molecule has 1 aromatic carbocycles. The van der Waals surface area contributed by atoms with Gasteiger partial charge >= 0.3 is 5.97 Å². The van der Waals surface area contributed by atoms with Crippen molar-refractivity contribution in [3.05, 3.63) is 47.5 Å². The van der Waals surface area contributed by atoms with Gasteiger partial charge in [-0.25, -0.2) is 9.78 Å². The van der Waals surface area contributed by atoms with Gasteiger partial charge in [0.25, 0.3) is 0 Å². The number of rotatable bonds is 4. The number of nitrogens with zero attached hydrogens (tertiary/aromatic N) is 2. The predicted molar refractivity (Wildman–Crippen MR) is 68.7 cm³/mol. The van der Waals surface area contributed by atoms with Gasteiger partial charge in [0.1, 0.15) is 0 Å². The summed E-state index contributed by atoms with van der Waals surface area (Å²) in [5.74, 6) is -0.987. The zero-order valence-electron chi connectivity index (χ0n) is 9.67. The molecule has 0 bridgehead atoms. The van der Waals surface area contributed by atoms with Crippen LogP contribution in [0.5, 0.6) is 0 Å². The number of hydrogen-bond donors (Lipinski definition) is 2. The van der Waals surface area contributed by atoms with Crippen molar-refractivity contribution in [1.29, 1.82) is 0 Å². The molecule has 1 heterocycles. The second kappa shape index (κ2) is 5.10. The van der Waals surface area contributed by atoms with E-state index in [9.17, 15) is 9.90 Å². The first kappa shape index (κ1) is 12.4. The maximum atomic E-state index is 11.3. The normalized spacial score (nSPS) is 12.1. The summed E-state index contributed by atoms with van der Waals surface area (Å²) in [5, 5.41) is 12.7. The van der Waals surface area contributed by atoms with Crippen LogP contribution in [0.3, 0.4) is 0 Å². The molecule has 0 saturated carbocycles. The van der Waals surface area contributed by atoms with Gasteiger partial charge < -0.3 is 15.0 Å². The summed E-state index contributed by atoms with van der Waals surface area (Å²) in [6.07, 6.45) is 3.07. The lowest BCUT2D eigenvalue weighted by atomic mass is 10.2. The van der Waals surface area contributed by atoms with E-state index < -0.39 is 12.0 Å². The highest BCUT2D eigenvalue weighted by Crippen LogP contribution is 2.25. The van der Waals surface area contributed by atoms with Gasteiger partial charge in [-0.2, -0.15) is 0 Å². The van der Waals surface area contributed by atoms with E-state index in [1.165, 1.54) is 6.20 Å². The van der Waals surface area contributed by atoms with Gasteiger partial charge in [0.2, 0.25) is 0 Å². The summed E-state index contributed by atoms with van der Waals surface area (Å²) < 4.78 is 1.66. The van der Waals surface area contributed by atoms with Crippen molar-refractivity contribution in [1.82, 2.24) is 9.55 Å². The fourth-order valence-corrected chi connectivity index (χ4v) is 1.83. The number of carboxylic acids is 1. The van der Waals surface area contributed by atoms with E-state index in [-0.39, 0.29) is 0 Å². The van der Waals surface area contributed by atoms with E-state index in [1.807, 2.05) is 0 Å². The second-order valence-electron chi connectivity index (χ2n) is 3.82. The Balaban J connectivity index is 2.31. The molecule has 0 spiro atoms. The van der Waals surface area contributed by atoms with E-state index in [0.717, 1.165) is 0 Å². The Bertz CT molecular complexity index is 568. The molecule has 18 heavy (non-hydrogen) atoms. The summed E-state index contributed by atoms with van der Waals surface area (Å²) >= 11 is 6.00. The largest absolute Gasteiger partial charge is 0.479 e. The molecule has 2 N–H and O–H groups in total. The molecular formula is C12H12ClN3O2. The number of hydrogen-bond acceptors (Lipinski definition) is 3. The molecule has 2 rings (SSSR count). The quantitative estimate of drug-likeness (QED) is 0.890. The van der Waals surface area contributed by atoms with Crippen LogP contribution in [-0.4, -0.2) is 20.6 Å². The first-order chi connectivity index (χ1) is 8.59. The Labute approximate surface area is 109 Å². The maximum absolute atomic E-state index is 11.3. The van der Waals surface area contributed by atoms with Crippen molar-refractivity contribution < 1.29 is 9.90 Å². The average molecular weight is 266 g/mol. The van der Waals surface area contributed by atoms with Gasteiger partial charge in [-0.05, 0) is 12.1 Å². The highest BCUT2D eigenvalue weighted by molar-refractivity contribution is 6.33. The Kier molecular flexibility index (Phi) is 3.53. The third-order valence-corrected chi connectivity index (χ3v) is 2.90. The SMILES string of the molecule is Cn1cncc1C(Nc1ccccc1Cl)C(=O)O. The maximum Gasteiger partial charge on any atom is 0.332 e. The number of anilines is 1. The second-order valence-corrected chi connectivity index (χ2v) is 4.23. The number of imidazole rings is 1. The molecule has 0 fully saturated rings. The van der Waals surface area contributed by atoms with Gasteiger partial charge in [-0.15, -0.1) is 0 Å². The summed E-state index contributed by atoms with van der Waals surface area (Å²) in [6.45, 7) is 0. The summed E-state index contributed by atoms with van der Waals surface area (Å²) in [6, 6.07) is 6.11. The fraction of sp³-hybridized carbons (Fsp3) is 0.167. The molecule has 0 aliphatic rings. The zero-order valence-corrected chi connectivity index (χ0v) is 10.4. The molecule has 0 aliphatic heterocycles. The lowest BCUT2D eigenvalue weighted by Crippen LogP contribution is -2.22. The zero-order chi connectivity index (χ0) is 13.1. The number of benzene rings is 1. The van der Waals surface area contributed by atoms with Crippen LogP contribution in [0.1, 0.15) is 11.7 Å². The van der Waals surface area contributed by atoms with Crippen molar-refractivity contribution >= 4 is 23.3 Å². The Hall–Kier alpha value is -2.01. The first-order valence-electron chi connectivity index (χ1n) is 5.29. The number of halogens is 1. The molecule has 1 unspecified atom stereocenters. The van der Waals surface area contributed by atoms with E-state index in [1.54, 1.807) is 42.2 Å². The molecule has 0 saturated heterocycles. The number of carbonyl (C=O) groups is 1. The lowest BCUT2D eigenvalue weighted by molar-refractivity contribution is -0.138. The Morgan fingerprint density at radius 3 is 2.78 bits per heavy atom. The summed E-state index contributed by atoms with van der Waals surface area (Å²) in [5.41, 5.74) is 1.13. The molecule has 6 heteroatoms. The summed E-state index contributed by atoms with van der Waals surface area (Å²) in [4.78, 5) is 15.2. The monoisotopic (exact) mass is 265 g/mol. The number of carboxylic acid groups (broad SMARTS) is 1. The molecule has 2 aromatic rings. The number of aliphatic carboxylic acids is 1. The van der Waals surface area contributed by atoms with Crippen molar-refractivity contribution in [2.45, 2.75) is 6.04 Å². The number of nitrogens with one attached hydrogen (secondary N) is 1. The molecule has 1 aromatic heterocycles. The minimum absolute atomic E-state index is 0.478. The van der Waals surface area contributed by atoms with Crippen LogP contribution in [0.2, 0.25) is 5.02 Å². The van der Waals surface area contributed by atoms with Crippen LogP contribution in [-0.2, 0) is 11.8 Å². The third kappa shape index (κ3) is 2.46.